The number of aliphatic carboxylic acids is 1. The fourth-order valence-corrected chi connectivity index (χ4v) is 2.75. The molecule has 2 N–H and O–H groups in total. The predicted molar refractivity (Wildman–Crippen MR) is 97.9 cm³/mol. The minimum Gasteiger partial charge on any atom is -0.497 e. The van der Waals surface area contributed by atoms with Gasteiger partial charge in [0, 0.05) is 17.2 Å². The van der Waals surface area contributed by atoms with E-state index in [1.54, 1.807) is 30.3 Å². The lowest BCUT2D eigenvalue weighted by Gasteiger charge is -2.21. The van der Waals surface area contributed by atoms with Gasteiger partial charge in [0.2, 0.25) is 0 Å². The number of carbonyl (C=O) groups excluding carboxylic acids is 1. The monoisotopic (exact) mass is 357 g/mol. The van der Waals surface area contributed by atoms with Crippen molar-refractivity contribution in [1.29, 1.82) is 0 Å². The molecule has 138 valence electrons. The van der Waals surface area contributed by atoms with Crippen LogP contribution in [0.2, 0.25) is 0 Å². The number of carbonyl (C=O) groups is 2. The van der Waals surface area contributed by atoms with Crippen LogP contribution in [0.5, 0.6) is 11.5 Å². The molecule has 0 aromatic heterocycles. The molecule has 0 bridgehead atoms. The van der Waals surface area contributed by atoms with Crippen LogP contribution in [0.4, 0.5) is 0 Å². The van der Waals surface area contributed by atoms with Gasteiger partial charge in [-0.3, -0.25) is 9.59 Å². The van der Waals surface area contributed by atoms with Crippen molar-refractivity contribution in [3.63, 3.8) is 0 Å². The maximum absolute atomic E-state index is 12.7. The molecule has 0 saturated heterocycles. The third-order valence-electron chi connectivity index (χ3n) is 4.35. The summed E-state index contributed by atoms with van der Waals surface area (Å²) in [4.78, 5) is 24.1. The summed E-state index contributed by atoms with van der Waals surface area (Å²) < 4.78 is 10.5. The Kier molecular flexibility index (Phi) is 6.22. The largest absolute Gasteiger partial charge is 0.497 e. The highest BCUT2D eigenvalue weighted by atomic mass is 16.5. The van der Waals surface area contributed by atoms with Gasteiger partial charge in [-0.25, -0.2) is 0 Å². The van der Waals surface area contributed by atoms with Crippen molar-refractivity contribution in [1.82, 2.24) is 5.32 Å². The Hall–Kier alpha value is -3.02. The second kappa shape index (κ2) is 8.38. The molecule has 1 amide bonds. The van der Waals surface area contributed by atoms with Crippen molar-refractivity contribution in [2.24, 2.45) is 0 Å². The van der Waals surface area contributed by atoms with Crippen LogP contribution < -0.4 is 14.8 Å². The molecule has 6 heteroatoms. The Morgan fingerprint density at radius 1 is 1.12 bits per heavy atom. The number of amides is 1. The molecule has 26 heavy (non-hydrogen) atoms. The summed E-state index contributed by atoms with van der Waals surface area (Å²) in [6, 6.07) is 9.78. The normalized spacial score (nSPS) is 11.5. The first-order valence-corrected chi connectivity index (χ1v) is 8.18. The van der Waals surface area contributed by atoms with Crippen molar-refractivity contribution in [3.8, 4) is 11.5 Å². The van der Waals surface area contributed by atoms with Crippen molar-refractivity contribution < 1.29 is 24.2 Å². The zero-order valence-corrected chi connectivity index (χ0v) is 15.3. The summed E-state index contributed by atoms with van der Waals surface area (Å²) in [6.07, 6.45) is -0.265. The van der Waals surface area contributed by atoms with Crippen LogP contribution in [0.25, 0.3) is 0 Å². The maximum Gasteiger partial charge on any atom is 0.305 e. The average Bonchev–Trinajstić information content (AvgIpc) is 2.62. The number of methoxy groups -OCH3 is 2. The third-order valence-corrected chi connectivity index (χ3v) is 4.35. The van der Waals surface area contributed by atoms with Gasteiger partial charge in [-0.2, -0.15) is 0 Å². The van der Waals surface area contributed by atoms with Gasteiger partial charge in [-0.05, 0) is 43.2 Å². The van der Waals surface area contributed by atoms with Gasteiger partial charge in [-0.1, -0.05) is 12.1 Å². The average molecular weight is 357 g/mol. The number of benzene rings is 2. The van der Waals surface area contributed by atoms with Crippen molar-refractivity contribution in [2.45, 2.75) is 26.3 Å². The molecule has 0 radical (unpaired) electrons. The fourth-order valence-electron chi connectivity index (χ4n) is 2.75. The highest BCUT2D eigenvalue weighted by Gasteiger charge is 2.23. The molecule has 0 heterocycles. The first-order valence-electron chi connectivity index (χ1n) is 8.18. The quantitative estimate of drug-likeness (QED) is 0.794. The molecule has 0 aliphatic carbocycles. The van der Waals surface area contributed by atoms with Gasteiger partial charge in [0.05, 0.1) is 26.7 Å². The number of rotatable bonds is 7. The van der Waals surface area contributed by atoms with Crippen LogP contribution in [-0.4, -0.2) is 31.2 Å². The van der Waals surface area contributed by atoms with E-state index in [0.717, 1.165) is 11.1 Å². The maximum atomic E-state index is 12.7. The lowest BCUT2D eigenvalue weighted by Crippen LogP contribution is -2.31. The Bertz CT molecular complexity index is 816. The fraction of sp³-hybridized carbons (Fsp3) is 0.300. The van der Waals surface area contributed by atoms with Crippen LogP contribution in [0, 0.1) is 13.8 Å². The highest BCUT2D eigenvalue weighted by molar-refractivity contribution is 5.96. The van der Waals surface area contributed by atoms with Crippen LogP contribution in [-0.2, 0) is 4.79 Å². The standard InChI is InChI=1S/C20H23NO5/c1-12-6-5-7-15(13(12)2)20(24)21-17(11-19(22)23)16-9-8-14(25-3)10-18(16)26-4/h5-10,17H,11H2,1-4H3,(H,21,24)(H,22,23). The first kappa shape index (κ1) is 19.3. The van der Waals surface area contributed by atoms with Crippen LogP contribution >= 0.6 is 0 Å². The van der Waals surface area contributed by atoms with E-state index < -0.39 is 12.0 Å². The van der Waals surface area contributed by atoms with Crippen LogP contribution in [0.15, 0.2) is 36.4 Å². The van der Waals surface area contributed by atoms with Crippen molar-refractivity contribution >= 4 is 11.9 Å². The molecular weight excluding hydrogens is 334 g/mol. The molecule has 0 aliphatic rings. The van der Waals surface area contributed by atoms with Crippen LogP contribution in [0.1, 0.15) is 39.5 Å². The number of hydrogen-bond acceptors (Lipinski definition) is 4. The predicted octanol–water partition coefficient (Wildman–Crippen LogP) is 3.27. The molecule has 6 nitrogen and oxygen atoms in total. The van der Waals surface area contributed by atoms with Crippen LogP contribution in [0.3, 0.4) is 0 Å². The van der Waals surface area contributed by atoms with Gasteiger partial charge in [0.1, 0.15) is 11.5 Å². The molecule has 0 fully saturated rings. The summed E-state index contributed by atoms with van der Waals surface area (Å²) in [5, 5.41) is 12.1. The zero-order valence-electron chi connectivity index (χ0n) is 15.3. The Labute approximate surface area is 152 Å². The molecule has 1 atom stereocenters. The second-order valence-corrected chi connectivity index (χ2v) is 5.98. The van der Waals surface area contributed by atoms with Gasteiger partial charge >= 0.3 is 5.97 Å². The third kappa shape index (κ3) is 4.33. The number of ether oxygens (including phenoxy) is 2. The van der Waals surface area contributed by atoms with E-state index in [1.807, 2.05) is 19.9 Å². The SMILES string of the molecule is COc1ccc(C(CC(=O)O)NC(=O)c2cccc(C)c2C)c(OC)c1. The molecule has 2 rings (SSSR count). The number of carboxylic acid groups (broad SMARTS) is 1. The highest BCUT2D eigenvalue weighted by Crippen LogP contribution is 2.31. The minimum absolute atomic E-state index is 0.265. The number of aryl methyl sites for hydroxylation is 1. The molecule has 0 spiro atoms. The number of carboxylic acids is 1. The summed E-state index contributed by atoms with van der Waals surface area (Å²) >= 11 is 0. The summed E-state index contributed by atoms with van der Waals surface area (Å²) in [7, 11) is 3.02. The molecule has 0 aliphatic heterocycles. The van der Waals surface area contributed by atoms with E-state index in [9.17, 15) is 14.7 Å². The lowest BCUT2D eigenvalue weighted by molar-refractivity contribution is -0.137. The molecular formula is C20H23NO5. The Morgan fingerprint density at radius 3 is 2.46 bits per heavy atom. The van der Waals surface area contributed by atoms with Gasteiger partial charge in [-0.15, -0.1) is 0 Å². The Morgan fingerprint density at radius 2 is 1.85 bits per heavy atom. The molecule has 2 aromatic rings. The first-order chi connectivity index (χ1) is 12.4. The topological polar surface area (TPSA) is 84.9 Å². The van der Waals surface area contributed by atoms with E-state index in [4.69, 9.17) is 9.47 Å². The smallest absolute Gasteiger partial charge is 0.305 e. The number of nitrogens with one attached hydrogen (secondary N) is 1. The summed E-state index contributed by atoms with van der Waals surface area (Å²) in [5.74, 6) is -0.304. The zero-order chi connectivity index (χ0) is 19.3. The lowest BCUT2D eigenvalue weighted by atomic mass is 9.99. The van der Waals surface area contributed by atoms with Gasteiger partial charge in [0.15, 0.2) is 0 Å². The van der Waals surface area contributed by atoms with E-state index in [1.165, 1.54) is 14.2 Å². The molecule has 1 unspecified atom stereocenters. The van der Waals surface area contributed by atoms with Gasteiger partial charge in [0.25, 0.3) is 5.91 Å². The van der Waals surface area contributed by atoms with Crippen molar-refractivity contribution in [2.75, 3.05) is 14.2 Å². The number of hydrogen-bond donors (Lipinski definition) is 2. The van der Waals surface area contributed by atoms with E-state index in [-0.39, 0.29) is 12.3 Å². The van der Waals surface area contributed by atoms with E-state index in [2.05, 4.69) is 5.32 Å². The Balaban J connectivity index is 2.38. The summed E-state index contributed by atoms with van der Waals surface area (Å²) in [5.41, 5.74) is 2.96. The van der Waals surface area contributed by atoms with E-state index in [0.29, 0.717) is 22.6 Å². The van der Waals surface area contributed by atoms with Gasteiger partial charge < -0.3 is 19.9 Å². The minimum atomic E-state index is -1.02. The van der Waals surface area contributed by atoms with Crippen molar-refractivity contribution in [3.05, 3.63) is 58.7 Å². The summed E-state index contributed by atoms with van der Waals surface area (Å²) in [6.45, 7) is 3.79. The van der Waals surface area contributed by atoms with E-state index >= 15 is 0 Å². The molecule has 2 aromatic carbocycles. The molecule has 0 saturated carbocycles. The second-order valence-electron chi connectivity index (χ2n) is 5.98.